The monoisotopic (exact) mass is 1020 g/mol. The van der Waals surface area contributed by atoms with Gasteiger partial charge in [0.15, 0.2) is 0 Å². The molecule has 0 radical (unpaired) electrons. The maximum absolute atomic E-state index is 14.7. The first-order chi connectivity index (χ1) is 34.6. The maximum atomic E-state index is 14.7. The largest absolute Gasteiger partial charge is 0.480 e. The summed E-state index contributed by atoms with van der Waals surface area (Å²) in [5, 5.41) is 23.7. The first-order valence-corrected chi connectivity index (χ1v) is 26.0. The summed E-state index contributed by atoms with van der Waals surface area (Å²) in [6.45, 7) is 15.4. The third-order valence-corrected chi connectivity index (χ3v) is 14.2. The highest BCUT2D eigenvalue weighted by Gasteiger charge is 2.46. The lowest BCUT2D eigenvalue weighted by molar-refractivity contribution is -0.149. The maximum Gasteiger partial charge on any atom is 0.326 e. The first kappa shape index (κ1) is 57.5. The molecule has 0 unspecified atom stereocenters. The van der Waals surface area contributed by atoms with Crippen molar-refractivity contribution in [1.82, 2.24) is 61.2 Å². The first-order valence-electron chi connectivity index (χ1n) is 26.0. The van der Waals surface area contributed by atoms with Gasteiger partial charge in [0.2, 0.25) is 47.3 Å². The number of imidazole rings is 2. The van der Waals surface area contributed by atoms with Gasteiger partial charge in [-0.2, -0.15) is 0 Å². The van der Waals surface area contributed by atoms with Gasteiger partial charge < -0.3 is 62.1 Å². The fourth-order valence-corrected chi connectivity index (χ4v) is 9.88. The molecule has 3 saturated heterocycles. The fourth-order valence-electron chi connectivity index (χ4n) is 9.88. The molecule has 0 bridgehead atoms. The van der Waals surface area contributed by atoms with Gasteiger partial charge in [-0.1, -0.05) is 61.8 Å². The number of carbonyl (C=O) groups is 9. The van der Waals surface area contributed by atoms with E-state index in [1.165, 1.54) is 39.7 Å². The molecule has 0 aromatic carbocycles. The van der Waals surface area contributed by atoms with Crippen molar-refractivity contribution in [2.75, 3.05) is 19.6 Å². The van der Waals surface area contributed by atoms with Gasteiger partial charge >= 0.3 is 5.97 Å². The zero-order valence-corrected chi connectivity index (χ0v) is 43.6. The Balaban J connectivity index is 1.33. The van der Waals surface area contributed by atoms with Crippen molar-refractivity contribution in [1.29, 1.82) is 0 Å². The summed E-state index contributed by atoms with van der Waals surface area (Å²) in [4.78, 5) is 143. The van der Waals surface area contributed by atoms with E-state index in [0.717, 1.165) is 0 Å². The molecule has 23 nitrogen and oxygen atoms in total. The lowest BCUT2D eigenvalue weighted by atomic mass is 9.97. The Hall–Kier alpha value is -6.39. The molecule has 0 spiro atoms. The van der Waals surface area contributed by atoms with Crippen molar-refractivity contribution < 1.29 is 48.3 Å². The number of hydrogen-bond donors (Lipinski definition) is 9. The number of rotatable bonds is 25. The Bertz CT molecular complexity index is 2220. The highest BCUT2D eigenvalue weighted by Crippen LogP contribution is 2.27. The number of likely N-dealkylation sites (tertiary alicyclic amines) is 3. The lowest BCUT2D eigenvalue weighted by Gasteiger charge is -2.34. The van der Waals surface area contributed by atoms with Crippen LogP contribution in [0.4, 0.5) is 0 Å². The highest BCUT2D eigenvalue weighted by molar-refractivity contribution is 5.99. The predicted molar refractivity (Wildman–Crippen MR) is 267 cm³/mol. The van der Waals surface area contributed by atoms with E-state index in [1.54, 1.807) is 13.8 Å². The van der Waals surface area contributed by atoms with Gasteiger partial charge in [-0.05, 0) is 75.0 Å². The average Bonchev–Trinajstić information content (AvgIpc) is 4.21. The van der Waals surface area contributed by atoms with Crippen LogP contribution in [0.3, 0.4) is 0 Å². The highest BCUT2D eigenvalue weighted by atomic mass is 16.4. The SMILES string of the molecule is CC[C@H](C)[C@H](N)C(=O)N[C@@H](CC(C)C)C(=O)N[C@H](C(=O)N[C@@H](Cc1cnc[nH]1)C(=O)N1CCC[C@H]1C(=O)N[C@@H](Cc1cnc[nH]1)C(=O)N1CCC[C@H]1C(=O)N1CCC[C@H]1C(=O)N[C@@H](CC(C)C)C(=O)O)C(C)C. The summed E-state index contributed by atoms with van der Waals surface area (Å²) < 4.78 is 0. The molecule has 23 heteroatoms. The van der Waals surface area contributed by atoms with Crippen LogP contribution in [0.15, 0.2) is 25.0 Å². The van der Waals surface area contributed by atoms with E-state index in [4.69, 9.17) is 5.73 Å². The van der Waals surface area contributed by atoms with E-state index < -0.39 is 114 Å². The van der Waals surface area contributed by atoms with Gasteiger partial charge in [-0.3, -0.25) is 38.4 Å². The van der Waals surface area contributed by atoms with E-state index in [0.29, 0.717) is 49.9 Å². The number of carboxylic acid groups (broad SMARTS) is 1. The zero-order valence-electron chi connectivity index (χ0n) is 43.6. The summed E-state index contributed by atoms with van der Waals surface area (Å²) in [7, 11) is 0. The number of nitrogens with one attached hydrogen (secondary N) is 7. The van der Waals surface area contributed by atoms with E-state index >= 15 is 0 Å². The van der Waals surface area contributed by atoms with E-state index in [9.17, 15) is 48.3 Å². The Morgan fingerprint density at radius 1 is 0.616 bits per heavy atom. The minimum Gasteiger partial charge on any atom is -0.480 e. The van der Waals surface area contributed by atoms with Gasteiger partial charge in [0.1, 0.15) is 48.3 Å². The van der Waals surface area contributed by atoms with Gasteiger partial charge in [0.05, 0.1) is 18.7 Å². The fraction of sp³-hybridized carbons (Fsp3) is 0.700. The number of nitrogens with zero attached hydrogens (tertiary/aromatic N) is 5. The molecule has 0 aliphatic carbocycles. The molecule has 73 heavy (non-hydrogen) atoms. The van der Waals surface area contributed by atoms with Crippen LogP contribution in [-0.2, 0) is 56.0 Å². The van der Waals surface area contributed by atoms with Gasteiger partial charge in [0, 0.05) is 56.3 Å². The van der Waals surface area contributed by atoms with Crippen LogP contribution in [0.1, 0.15) is 125 Å². The summed E-state index contributed by atoms with van der Waals surface area (Å²) >= 11 is 0. The molecule has 5 rings (SSSR count). The van der Waals surface area contributed by atoms with Gasteiger partial charge in [-0.25, -0.2) is 14.8 Å². The van der Waals surface area contributed by atoms with Crippen LogP contribution in [-0.4, -0.2) is 167 Å². The second kappa shape index (κ2) is 26.5. The number of hydrogen-bond acceptors (Lipinski definition) is 12. The van der Waals surface area contributed by atoms with Crippen molar-refractivity contribution in [3.8, 4) is 0 Å². The second-order valence-electron chi connectivity index (χ2n) is 21.1. The minimum atomic E-state index is -1.24. The van der Waals surface area contributed by atoms with Crippen LogP contribution in [0, 0.1) is 23.7 Å². The summed E-state index contributed by atoms with van der Waals surface area (Å²) in [6.07, 6.45) is 9.26. The van der Waals surface area contributed by atoms with Crippen LogP contribution in [0.5, 0.6) is 0 Å². The Kier molecular flexibility index (Phi) is 20.9. The number of aromatic amines is 2. The molecule has 404 valence electrons. The number of nitrogens with two attached hydrogens (primary N) is 1. The Labute approximate surface area is 427 Å². The molecular weight excluding hydrogens is 943 g/mol. The number of aromatic nitrogens is 4. The van der Waals surface area contributed by atoms with Crippen LogP contribution in [0.2, 0.25) is 0 Å². The minimum absolute atomic E-state index is 0.00410. The quantitative estimate of drug-likeness (QED) is 0.0656. The number of amides is 8. The number of carbonyl (C=O) groups excluding carboxylic acids is 8. The number of H-pyrrole nitrogens is 2. The van der Waals surface area contributed by atoms with E-state index in [-0.39, 0.29) is 69.5 Å². The summed E-state index contributed by atoms with van der Waals surface area (Å²) in [6, 6.07) is -9.46. The van der Waals surface area contributed by atoms with Crippen LogP contribution in [0.25, 0.3) is 0 Å². The predicted octanol–water partition coefficient (Wildman–Crippen LogP) is 0.521. The van der Waals surface area contributed by atoms with E-state index in [1.807, 2.05) is 41.5 Å². The smallest absolute Gasteiger partial charge is 0.326 e. The molecule has 2 aromatic rings. The molecule has 3 fully saturated rings. The molecule has 3 aliphatic heterocycles. The standard InChI is InChI=1S/C50H79N13O10/c1-9-30(8)40(51)45(67)56-33(19-27(2)3)42(64)60-41(29(6)7)46(68)58-35(22-32-24-53-26-55-32)47(69)61-16-10-13-37(61)43(65)57-34(21-31-23-52-25-54-31)48(70)63-18-12-15-39(63)49(71)62-17-11-14-38(62)44(66)59-36(50(72)73)20-28(4)5/h23-30,33-41H,9-22,51H2,1-8H3,(H,52,54)(H,53,55)(H,56,67)(H,57,65)(H,58,68)(H,59,66)(H,60,64)(H,72,73)/t30-,33-,34-,35-,36-,37-,38-,39-,40-,41-/m0/s1. The zero-order chi connectivity index (χ0) is 53.7. The second-order valence-corrected chi connectivity index (χ2v) is 21.1. The van der Waals surface area contributed by atoms with Crippen molar-refractivity contribution >= 4 is 53.2 Å². The molecule has 5 heterocycles. The van der Waals surface area contributed by atoms with Crippen molar-refractivity contribution in [2.24, 2.45) is 29.4 Å². The molecule has 0 saturated carbocycles. The van der Waals surface area contributed by atoms with Crippen LogP contribution >= 0.6 is 0 Å². The summed E-state index contributed by atoms with van der Waals surface area (Å²) in [5.41, 5.74) is 7.23. The third kappa shape index (κ3) is 15.3. The van der Waals surface area contributed by atoms with Crippen molar-refractivity contribution in [3.63, 3.8) is 0 Å². The molecular formula is C50H79N13O10. The number of carboxylic acids is 1. The molecule has 10 N–H and O–H groups in total. The molecule has 2 aromatic heterocycles. The number of aliphatic carboxylic acids is 1. The van der Waals surface area contributed by atoms with Crippen LogP contribution < -0.4 is 32.3 Å². The normalized spacial score (nSPS) is 20.8. The Morgan fingerprint density at radius 3 is 1.55 bits per heavy atom. The van der Waals surface area contributed by atoms with Crippen molar-refractivity contribution in [3.05, 3.63) is 36.4 Å². The van der Waals surface area contributed by atoms with Gasteiger partial charge in [-0.15, -0.1) is 0 Å². The van der Waals surface area contributed by atoms with Gasteiger partial charge in [0.25, 0.3) is 0 Å². The summed E-state index contributed by atoms with van der Waals surface area (Å²) in [5.74, 6) is -6.26. The third-order valence-electron chi connectivity index (χ3n) is 14.2. The lowest BCUT2D eigenvalue weighted by Crippen LogP contribution is -2.61. The van der Waals surface area contributed by atoms with Crippen molar-refractivity contribution in [2.45, 2.75) is 180 Å². The topological polar surface area (TPSA) is 327 Å². The average molecular weight is 1020 g/mol. The van der Waals surface area contributed by atoms with E-state index in [2.05, 4.69) is 46.5 Å². The molecule has 10 atom stereocenters. The molecule has 3 aliphatic rings. The Morgan fingerprint density at radius 2 is 1.07 bits per heavy atom. The molecule has 8 amide bonds.